The second kappa shape index (κ2) is 5.65. The van der Waals surface area contributed by atoms with Crippen molar-refractivity contribution >= 4 is 0 Å². The first-order chi connectivity index (χ1) is 8.62. The molecule has 1 fully saturated rings. The SMILES string of the molecule is COc1cccc(C(F)(F)CC2CCNCC2)c1. The molecule has 18 heavy (non-hydrogen) atoms. The van der Waals surface area contributed by atoms with E-state index in [1.54, 1.807) is 12.1 Å². The van der Waals surface area contributed by atoms with Crippen LogP contribution in [0.15, 0.2) is 24.3 Å². The van der Waals surface area contributed by atoms with Crippen molar-refractivity contribution < 1.29 is 13.5 Å². The zero-order chi connectivity index (χ0) is 13.0. The summed E-state index contributed by atoms with van der Waals surface area (Å²) in [5.74, 6) is -2.18. The van der Waals surface area contributed by atoms with Crippen molar-refractivity contribution in [1.29, 1.82) is 0 Å². The normalized spacial score (nSPS) is 17.7. The number of methoxy groups -OCH3 is 1. The minimum absolute atomic E-state index is 0.0559. The Bertz CT molecular complexity index is 389. The number of rotatable bonds is 4. The molecule has 0 aromatic heterocycles. The molecule has 0 spiro atoms. The van der Waals surface area contributed by atoms with Gasteiger partial charge in [0.1, 0.15) is 5.75 Å². The van der Waals surface area contributed by atoms with E-state index in [4.69, 9.17) is 4.74 Å². The number of benzene rings is 1. The van der Waals surface area contributed by atoms with Crippen LogP contribution in [0.3, 0.4) is 0 Å². The van der Waals surface area contributed by atoms with Crippen LogP contribution < -0.4 is 10.1 Å². The smallest absolute Gasteiger partial charge is 0.273 e. The molecule has 0 saturated carbocycles. The van der Waals surface area contributed by atoms with Crippen molar-refractivity contribution in [2.45, 2.75) is 25.2 Å². The molecule has 100 valence electrons. The Labute approximate surface area is 106 Å². The summed E-state index contributed by atoms with van der Waals surface area (Å²) in [4.78, 5) is 0. The van der Waals surface area contributed by atoms with Crippen LogP contribution in [0.25, 0.3) is 0 Å². The van der Waals surface area contributed by atoms with Crippen LogP contribution in [0.4, 0.5) is 8.78 Å². The molecule has 0 aliphatic carbocycles. The van der Waals surface area contributed by atoms with Gasteiger partial charge in [-0.1, -0.05) is 12.1 Å². The van der Waals surface area contributed by atoms with Gasteiger partial charge in [0.25, 0.3) is 5.92 Å². The van der Waals surface area contributed by atoms with E-state index < -0.39 is 5.92 Å². The van der Waals surface area contributed by atoms with Crippen LogP contribution in [0.2, 0.25) is 0 Å². The summed E-state index contributed by atoms with van der Waals surface area (Å²) >= 11 is 0. The van der Waals surface area contributed by atoms with Gasteiger partial charge in [-0.25, -0.2) is 8.78 Å². The first kappa shape index (κ1) is 13.3. The Morgan fingerprint density at radius 3 is 2.72 bits per heavy atom. The first-order valence-corrected chi connectivity index (χ1v) is 6.35. The van der Waals surface area contributed by atoms with Gasteiger partial charge < -0.3 is 10.1 Å². The topological polar surface area (TPSA) is 21.3 Å². The summed E-state index contributed by atoms with van der Waals surface area (Å²) in [6.45, 7) is 1.69. The molecule has 4 heteroatoms. The Kier molecular flexibility index (Phi) is 4.17. The molecule has 1 N–H and O–H groups in total. The van der Waals surface area contributed by atoms with Crippen LogP contribution in [-0.4, -0.2) is 20.2 Å². The second-order valence-corrected chi connectivity index (χ2v) is 4.83. The molecule has 2 rings (SSSR count). The minimum atomic E-state index is -2.77. The molecule has 1 saturated heterocycles. The molecule has 0 unspecified atom stereocenters. The third-order valence-electron chi connectivity index (χ3n) is 3.50. The van der Waals surface area contributed by atoms with Gasteiger partial charge in [0.05, 0.1) is 7.11 Å². The molecule has 0 amide bonds. The Hall–Kier alpha value is -1.16. The monoisotopic (exact) mass is 255 g/mol. The zero-order valence-corrected chi connectivity index (χ0v) is 10.6. The standard InChI is InChI=1S/C14H19F2NO/c1-18-13-4-2-3-12(9-13)14(15,16)10-11-5-7-17-8-6-11/h2-4,9,11,17H,5-8,10H2,1H3. The second-order valence-electron chi connectivity index (χ2n) is 4.83. The van der Waals surface area contributed by atoms with Gasteiger partial charge in [-0.3, -0.25) is 0 Å². The summed E-state index contributed by atoms with van der Waals surface area (Å²) < 4.78 is 33.4. The Morgan fingerprint density at radius 1 is 1.33 bits per heavy atom. The van der Waals surface area contributed by atoms with Gasteiger partial charge in [-0.15, -0.1) is 0 Å². The van der Waals surface area contributed by atoms with Gasteiger partial charge in [-0.2, -0.15) is 0 Å². The summed E-state index contributed by atoms with van der Waals surface area (Å²) in [6, 6.07) is 6.21. The largest absolute Gasteiger partial charge is 0.497 e. The molecule has 1 aromatic rings. The first-order valence-electron chi connectivity index (χ1n) is 6.35. The highest BCUT2D eigenvalue weighted by atomic mass is 19.3. The maximum atomic E-state index is 14.2. The van der Waals surface area contributed by atoms with E-state index in [-0.39, 0.29) is 17.9 Å². The molecule has 0 bridgehead atoms. The van der Waals surface area contributed by atoms with Crippen LogP contribution in [-0.2, 0) is 5.92 Å². The summed E-state index contributed by atoms with van der Waals surface area (Å²) in [7, 11) is 1.49. The predicted molar refractivity (Wildman–Crippen MR) is 67.1 cm³/mol. The number of hydrogen-bond acceptors (Lipinski definition) is 2. The molecule has 0 radical (unpaired) electrons. The Morgan fingerprint density at radius 2 is 2.06 bits per heavy atom. The average Bonchev–Trinajstić information content (AvgIpc) is 2.39. The maximum Gasteiger partial charge on any atom is 0.273 e. The van der Waals surface area contributed by atoms with Gasteiger partial charge >= 0.3 is 0 Å². The quantitative estimate of drug-likeness (QED) is 0.892. The van der Waals surface area contributed by atoms with Crippen molar-refractivity contribution in [3.63, 3.8) is 0 Å². The summed E-state index contributed by atoms with van der Waals surface area (Å²) in [6.07, 6.45) is 1.60. The molecule has 1 aromatic carbocycles. The number of alkyl halides is 2. The highest BCUT2D eigenvalue weighted by Crippen LogP contribution is 2.38. The molecule has 1 aliphatic rings. The number of hydrogen-bond donors (Lipinski definition) is 1. The third-order valence-corrected chi connectivity index (χ3v) is 3.50. The van der Waals surface area contributed by atoms with E-state index in [0.717, 1.165) is 25.9 Å². The lowest BCUT2D eigenvalue weighted by Crippen LogP contribution is -2.30. The highest BCUT2D eigenvalue weighted by molar-refractivity contribution is 5.31. The lowest BCUT2D eigenvalue weighted by molar-refractivity contribution is -0.0327. The molecule has 1 aliphatic heterocycles. The van der Waals surface area contributed by atoms with Crippen LogP contribution in [0, 0.1) is 5.92 Å². The fraction of sp³-hybridized carbons (Fsp3) is 0.571. The Balaban J connectivity index is 2.08. The van der Waals surface area contributed by atoms with Crippen molar-refractivity contribution in [2.75, 3.05) is 20.2 Å². The van der Waals surface area contributed by atoms with E-state index in [9.17, 15) is 8.78 Å². The summed E-state index contributed by atoms with van der Waals surface area (Å²) in [5, 5.41) is 3.19. The molecule has 2 nitrogen and oxygen atoms in total. The zero-order valence-electron chi connectivity index (χ0n) is 10.6. The number of halogens is 2. The number of nitrogens with one attached hydrogen (secondary N) is 1. The van der Waals surface area contributed by atoms with Crippen LogP contribution in [0.5, 0.6) is 5.75 Å². The third kappa shape index (κ3) is 3.19. The van der Waals surface area contributed by atoms with Gasteiger partial charge in [0.2, 0.25) is 0 Å². The van der Waals surface area contributed by atoms with E-state index in [1.807, 2.05) is 0 Å². The van der Waals surface area contributed by atoms with Gasteiger partial charge in [0, 0.05) is 12.0 Å². The fourth-order valence-corrected chi connectivity index (χ4v) is 2.42. The number of ether oxygens (including phenoxy) is 1. The fourth-order valence-electron chi connectivity index (χ4n) is 2.42. The summed E-state index contributed by atoms with van der Waals surface area (Å²) in [5.41, 5.74) is 0.0559. The highest BCUT2D eigenvalue weighted by Gasteiger charge is 2.35. The van der Waals surface area contributed by atoms with E-state index >= 15 is 0 Å². The van der Waals surface area contributed by atoms with Crippen LogP contribution >= 0.6 is 0 Å². The lowest BCUT2D eigenvalue weighted by atomic mass is 9.89. The van der Waals surface area contributed by atoms with Crippen molar-refractivity contribution in [2.24, 2.45) is 5.92 Å². The molecule has 0 atom stereocenters. The predicted octanol–water partition coefficient (Wildman–Crippen LogP) is 3.18. The molecular formula is C14H19F2NO. The molecule has 1 heterocycles. The van der Waals surface area contributed by atoms with Crippen LogP contribution in [0.1, 0.15) is 24.8 Å². The van der Waals surface area contributed by atoms with Gasteiger partial charge in [-0.05, 0) is 44.0 Å². The minimum Gasteiger partial charge on any atom is -0.497 e. The van der Waals surface area contributed by atoms with E-state index in [2.05, 4.69) is 5.32 Å². The number of piperidine rings is 1. The lowest BCUT2D eigenvalue weighted by Gasteiger charge is -2.27. The molecular weight excluding hydrogens is 236 g/mol. The average molecular weight is 255 g/mol. The van der Waals surface area contributed by atoms with E-state index in [0.29, 0.717) is 5.75 Å². The van der Waals surface area contributed by atoms with Gasteiger partial charge in [0.15, 0.2) is 0 Å². The van der Waals surface area contributed by atoms with E-state index in [1.165, 1.54) is 19.2 Å². The van der Waals surface area contributed by atoms with Crippen molar-refractivity contribution in [3.05, 3.63) is 29.8 Å². The van der Waals surface area contributed by atoms with Crippen molar-refractivity contribution in [3.8, 4) is 5.75 Å². The van der Waals surface area contributed by atoms with Crippen molar-refractivity contribution in [1.82, 2.24) is 5.32 Å². The maximum absolute atomic E-state index is 14.2.